The molecule has 1 aromatic carbocycles. The maximum atomic E-state index is 7.05. The van der Waals surface area contributed by atoms with Gasteiger partial charge in [0.1, 0.15) is 17.5 Å². The first-order valence-electron chi connectivity index (χ1n) is 13.3. The monoisotopic (exact) mass is 479 g/mol. The predicted molar refractivity (Wildman–Crippen MR) is 130 cm³/mol. The number of methoxy groups -OCH3 is 2. The molecule has 4 fully saturated rings. The Labute approximate surface area is 207 Å². The Morgan fingerprint density at radius 3 is 2.74 bits per heavy atom. The van der Waals surface area contributed by atoms with Crippen molar-refractivity contribution < 1.29 is 23.5 Å². The number of fused-ring (bicyclic) bond motifs is 2. The fourth-order valence-electron chi connectivity index (χ4n) is 9.60. The number of ether oxygens (including phenoxy) is 4. The second kappa shape index (κ2) is 7.25. The van der Waals surface area contributed by atoms with Gasteiger partial charge in [-0.05, 0) is 81.3 Å². The molecule has 2 heterocycles. The van der Waals surface area contributed by atoms with Gasteiger partial charge >= 0.3 is 0 Å². The average molecular weight is 480 g/mol. The van der Waals surface area contributed by atoms with Gasteiger partial charge in [-0.2, -0.15) is 0 Å². The van der Waals surface area contributed by atoms with E-state index in [-0.39, 0.29) is 28.5 Å². The molecule has 1 aliphatic heterocycles. The summed E-state index contributed by atoms with van der Waals surface area (Å²) in [5.41, 5.74) is 4.82. The van der Waals surface area contributed by atoms with Gasteiger partial charge in [0.2, 0.25) is 0 Å². The molecule has 5 aliphatic carbocycles. The summed E-state index contributed by atoms with van der Waals surface area (Å²) in [5, 5.41) is 4.10. The number of hydrogen-bond acceptors (Lipinski definition) is 6. The van der Waals surface area contributed by atoms with Crippen LogP contribution in [0.15, 0.2) is 16.7 Å². The van der Waals surface area contributed by atoms with E-state index in [1.54, 1.807) is 7.11 Å². The van der Waals surface area contributed by atoms with Gasteiger partial charge in [0.25, 0.3) is 0 Å². The van der Waals surface area contributed by atoms with E-state index in [0.29, 0.717) is 19.1 Å². The van der Waals surface area contributed by atoms with E-state index in [1.807, 2.05) is 21.0 Å². The van der Waals surface area contributed by atoms with Crippen molar-refractivity contribution in [2.75, 3.05) is 20.8 Å². The molecule has 6 nitrogen and oxygen atoms in total. The van der Waals surface area contributed by atoms with Crippen molar-refractivity contribution in [2.24, 2.45) is 23.2 Å². The molecule has 188 valence electrons. The van der Waals surface area contributed by atoms with Crippen molar-refractivity contribution in [3.63, 3.8) is 0 Å². The Balaban J connectivity index is 1.32. The highest BCUT2D eigenvalue weighted by atomic mass is 16.6. The van der Waals surface area contributed by atoms with Crippen LogP contribution in [0.4, 0.5) is 0 Å². The minimum atomic E-state index is -0.357. The number of hydrogen-bond donors (Lipinski definition) is 0. The van der Waals surface area contributed by atoms with Crippen LogP contribution in [0.3, 0.4) is 0 Å². The standard InChI is InChI=1S/C29H37NO5/c1-16-8-9-28-24-19-6-7-23(31-4)25(24)34-26(28)29(32-5)11-10-27(28,22(16)12-19)13-20(29)14-33-15-21-17(2)30-35-18(21)3/h6-7,16,20,22,26H,8-15H2,1-5H3/t16?,20-,22+,26-,27-,28+,29-/m1/s1. The van der Waals surface area contributed by atoms with Crippen molar-refractivity contribution in [2.45, 2.75) is 83.0 Å². The lowest BCUT2D eigenvalue weighted by Crippen LogP contribution is -2.78. The van der Waals surface area contributed by atoms with Crippen molar-refractivity contribution in [3.05, 3.63) is 40.3 Å². The summed E-state index contributed by atoms with van der Waals surface area (Å²) in [4.78, 5) is 0. The van der Waals surface area contributed by atoms with Gasteiger partial charge in [-0.25, -0.2) is 0 Å². The molecule has 8 rings (SSSR count). The van der Waals surface area contributed by atoms with E-state index in [1.165, 1.54) is 30.4 Å². The van der Waals surface area contributed by atoms with Crippen molar-refractivity contribution >= 4 is 0 Å². The number of nitrogens with zero attached hydrogens (tertiary/aromatic N) is 1. The topological polar surface area (TPSA) is 63.0 Å². The summed E-state index contributed by atoms with van der Waals surface area (Å²) in [7, 11) is 3.66. The largest absolute Gasteiger partial charge is 0.493 e. The molecular weight excluding hydrogens is 442 g/mol. The second-order valence-electron chi connectivity index (χ2n) is 12.0. The van der Waals surface area contributed by atoms with Crippen LogP contribution in [-0.4, -0.2) is 37.7 Å². The first-order valence-corrected chi connectivity index (χ1v) is 13.3. The first kappa shape index (κ1) is 22.2. The molecule has 0 amide bonds. The lowest BCUT2D eigenvalue weighted by Gasteiger charge is -2.73. The average Bonchev–Trinajstić information content (AvgIpc) is 3.39. The lowest BCUT2D eigenvalue weighted by atomic mass is 9.31. The number of aryl methyl sites for hydroxylation is 2. The van der Waals surface area contributed by atoms with Crippen LogP contribution in [0.1, 0.15) is 67.2 Å². The van der Waals surface area contributed by atoms with Crippen molar-refractivity contribution in [1.29, 1.82) is 0 Å². The molecular formula is C29H37NO5. The van der Waals surface area contributed by atoms with Gasteiger partial charge < -0.3 is 23.5 Å². The molecule has 1 unspecified atom stereocenters. The third-order valence-corrected chi connectivity index (χ3v) is 11.1. The van der Waals surface area contributed by atoms with Crippen LogP contribution in [0.25, 0.3) is 0 Å². The van der Waals surface area contributed by atoms with Gasteiger partial charge in [-0.15, -0.1) is 0 Å². The molecule has 6 heteroatoms. The van der Waals surface area contributed by atoms with Crippen molar-refractivity contribution in [3.8, 4) is 11.5 Å². The molecule has 1 aromatic heterocycles. The summed E-state index contributed by atoms with van der Waals surface area (Å²) in [6.45, 7) is 7.62. The van der Waals surface area contributed by atoms with Gasteiger partial charge in [0.05, 0.1) is 26.0 Å². The zero-order valence-electron chi connectivity index (χ0n) is 21.6. The van der Waals surface area contributed by atoms with Gasteiger partial charge in [-0.1, -0.05) is 18.1 Å². The molecule has 7 atom stereocenters. The summed E-state index contributed by atoms with van der Waals surface area (Å²) in [5.74, 6) is 4.39. The molecule has 0 N–H and O–H groups in total. The van der Waals surface area contributed by atoms with E-state index < -0.39 is 0 Å². The fraction of sp³-hybridized carbons (Fsp3) is 0.690. The second-order valence-corrected chi connectivity index (χ2v) is 12.0. The van der Waals surface area contributed by atoms with Gasteiger partial charge in [0, 0.05) is 29.6 Å². The smallest absolute Gasteiger partial charge is 0.165 e. The molecule has 0 radical (unpaired) electrons. The molecule has 4 bridgehead atoms. The van der Waals surface area contributed by atoms with Crippen LogP contribution in [0, 0.1) is 37.0 Å². The Kier molecular flexibility index (Phi) is 4.60. The highest BCUT2D eigenvalue weighted by molar-refractivity contribution is 5.63. The van der Waals surface area contributed by atoms with E-state index in [4.69, 9.17) is 23.5 Å². The summed E-state index contributed by atoms with van der Waals surface area (Å²) >= 11 is 0. The maximum Gasteiger partial charge on any atom is 0.165 e. The van der Waals surface area contributed by atoms with Crippen LogP contribution >= 0.6 is 0 Å². The van der Waals surface area contributed by atoms with Crippen LogP contribution < -0.4 is 9.47 Å². The number of rotatable bonds is 6. The van der Waals surface area contributed by atoms with E-state index in [0.717, 1.165) is 53.7 Å². The van der Waals surface area contributed by atoms with Crippen LogP contribution in [0.5, 0.6) is 11.5 Å². The van der Waals surface area contributed by atoms with E-state index >= 15 is 0 Å². The summed E-state index contributed by atoms with van der Waals surface area (Å²) in [6.07, 6.45) is 6.99. The molecule has 35 heavy (non-hydrogen) atoms. The Morgan fingerprint density at radius 1 is 1.14 bits per heavy atom. The van der Waals surface area contributed by atoms with Gasteiger partial charge in [0.15, 0.2) is 11.5 Å². The third kappa shape index (κ3) is 2.46. The Morgan fingerprint density at radius 2 is 2.00 bits per heavy atom. The minimum Gasteiger partial charge on any atom is -0.493 e. The van der Waals surface area contributed by atoms with E-state index in [2.05, 4.69) is 24.2 Å². The molecule has 0 saturated heterocycles. The lowest BCUT2D eigenvalue weighted by molar-refractivity contribution is -0.284. The fourth-order valence-corrected chi connectivity index (χ4v) is 9.60. The first-order chi connectivity index (χ1) is 16.9. The Hall–Kier alpha value is -2.05. The van der Waals surface area contributed by atoms with E-state index in [9.17, 15) is 0 Å². The zero-order chi connectivity index (χ0) is 24.2. The molecule has 4 saturated carbocycles. The number of benzene rings is 1. The Bertz CT molecular complexity index is 1170. The SMILES string of the molecule is COc1ccc2c3c1O[C@H]1[C@@]4(OC)CC[C@@]5(C[C@@H]4COCc4c(C)noc4C)[C@@H](C2)C(C)CC[C@]315. The molecule has 2 spiro atoms. The predicted octanol–water partition coefficient (Wildman–Crippen LogP) is 5.30. The van der Waals surface area contributed by atoms with Gasteiger partial charge in [-0.3, -0.25) is 0 Å². The highest BCUT2D eigenvalue weighted by Gasteiger charge is 2.80. The normalized spacial score (nSPS) is 39.9. The maximum absolute atomic E-state index is 7.05. The summed E-state index contributed by atoms with van der Waals surface area (Å²) < 4.78 is 31.2. The van der Waals surface area contributed by atoms with Crippen LogP contribution in [-0.2, 0) is 27.9 Å². The highest BCUT2D eigenvalue weighted by Crippen LogP contribution is 2.79. The molecule has 6 aliphatic rings. The zero-order valence-corrected chi connectivity index (χ0v) is 21.6. The quantitative estimate of drug-likeness (QED) is 0.560. The minimum absolute atomic E-state index is 0.00974. The van der Waals surface area contributed by atoms with Crippen LogP contribution in [0.2, 0.25) is 0 Å². The third-order valence-electron chi connectivity index (χ3n) is 11.1. The molecule has 2 aromatic rings. The van der Waals surface area contributed by atoms with Crippen molar-refractivity contribution in [1.82, 2.24) is 5.16 Å². The number of aromatic nitrogens is 1. The summed E-state index contributed by atoms with van der Waals surface area (Å²) in [6, 6.07) is 4.43.